The summed E-state index contributed by atoms with van der Waals surface area (Å²) in [7, 11) is 0. The van der Waals surface area contributed by atoms with Crippen molar-refractivity contribution in [3.8, 4) is 0 Å². The van der Waals surface area contributed by atoms with Crippen LogP contribution in [0.3, 0.4) is 0 Å². The third-order valence-electron chi connectivity index (χ3n) is 3.37. The zero-order chi connectivity index (χ0) is 15.1. The van der Waals surface area contributed by atoms with Gasteiger partial charge in [0, 0.05) is 13.0 Å². The van der Waals surface area contributed by atoms with E-state index < -0.39 is 11.8 Å². The molecule has 0 spiro atoms. The number of esters is 1. The normalized spacial score (nSPS) is 22.2. The molecule has 1 fully saturated rings. The fourth-order valence-corrected chi connectivity index (χ4v) is 2.25. The lowest BCUT2D eigenvalue weighted by Crippen LogP contribution is -2.51. The number of benzene rings is 1. The minimum atomic E-state index is -1.50. The molecular weight excluding hydrogens is 270 g/mol. The number of ether oxygens (including phenoxy) is 2. The summed E-state index contributed by atoms with van der Waals surface area (Å²) in [5, 5.41) is 2.76. The van der Waals surface area contributed by atoms with E-state index in [0.717, 1.165) is 19.3 Å². The van der Waals surface area contributed by atoms with Crippen LogP contribution in [0.5, 0.6) is 0 Å². The van der Waals surface area contributed by atoms with Gasteiger partial charge in [0.05, 0.1) is 12.2 Å². The monoisotopic (exact) mass is 291 g/mol. The Morgan fingerprint density at radius 3 is 2.76 bits per heavy atom. The quantitative estimate of drug-likeness (QED) is 0.667. The van der Waals surface area contributed by atoms with Crippen LogP contribution < -0.4 is 5.32 Å². The Balaban J connectivity index is 2.19. The maximum Gasteiger partial charge on any atom is 0.341 e. The summed E-state index contributed by atoms with van der Waals surface area (Å²) in [6.07, 6.45) is 2.76. The zero-order valence-corrected chi connectivity index (χ0v) is 12.3. The van der Waals surface area contributed by atoms with E-state index in [9.17, 15) is 9.59 Å². The molecule has 1 aromatic carbocycles. The molecule has 2 rings (SSSR count). The van der Waals surface area contributed by atoms with Crippen molar-refractivity contribution in [2.45, 2.75) is 38.4 Å². The number of nitrogens with one attached hydrogen (secondary N) is 1. The summed E-state index contributed by atoms with van der Waals surface area (Å²) in [6.45, 7) is 2.90. The van der Waals surface area contributed by atoms with Crippen LogP contribution in [-0.4, -0.2) is 30.8 Å². The Morgan fingerprint density at radius 2 is 2.05 bits per heavy atom. The maximum atomic E-state index is 12.3. The molecular formula is C16H21NO4. The van der Waals surface area contributed by atoms with Crippen LogP contribution in [0.2, 0.25) is 0 Å². The third kappa shape index (κ3) is 3.82. The van der Waals surface area contributed by atoms with Gasteiger partial charge in [-0.15, -0.1) is 0 Å². The van der Waals surface area contributed by atoms with Gasteiger partial charge in [-0.3, -0.25) is 4.79 Å². The number of hydrogen-bond donors (Lipinski definition) is 1. The molecule has 0 radical (unpaired) electrons. The van der Waals surface area contributed by atoms with E-state index in [-0.39, 0.29) is 5.91 Å². The van der Waals surface area contributed by atoms with Crippen LogP contribution in [0.25, 0.3) is 0 Å². The molecule has 1 unspecified atom stereocenters. The number of amides is 1. The Kier molecular flexibility index (Phi) is 5.33. The van der Waals surface area contributed by atoms with Crippen molar-refractivity contribution < 1.29 is 19.1 Å². The molecule has 5 nitrogen and oxygen atoms in total. The zero-order valence-electron chi connectivity index (χ0n) is 12.3. The van der Waals surface area contributed by atoms with E-state index >= 15 is 0 Å². The lowest BCUT2D eigenvalue weighted by atomic mass is 10.1. The van der Waals surface area contributed by atoms with Crippen molar-refractivity contribution in [2.75, 3.05) is 13.2 Å². The van der Waals surface area contributed by atoms with E-state index in [2.05, 4.69) is 5.32 Å². The highest BCUT2D eigenvalue weighted by molar-refractivity contribution is 5.93. The van der Waals surface area contributed by atoms with Crippen molar-refractivity contribution in [2.24, 2.45) is 0 Å². The molecule has 1 saturated heterocycles. The second-order valence-electron chi connectivity index (χ2n) is 5.07. The van der Waals surface area contributed by atoms with Gasteiger partial charge in [0.25, 0.3) is 11.7 Å². The highest BCUT2D eigenvalue weighted by atomic mass is 16.7. The Labute approximate surface area is 124 Å². The summed E-state index contributed by atoms with van der Waals surface area (Å²) in [5.74, 6) is -2.40. The Bertz CT molecular complexity index is 488. The maximum absolute atomic E-state index is 12.3. The molecule has 1 aliphatic heterocycles. The first-order chi connectivity index (χ1) is 10.2. The molecule has 1 aromatic rings. The van der Waals surface area contributed by atoms with Gasteiger partial charge in [0.1, 0.15) is 0 Å². The van der Waals surface area contributed by atoms with Gasteiger partial charge >= 0.3 is 5.97 Å². The van der Waals surface area contributed by atoms with Crippen LogP contribution in [0.1, 0.15) is 43.0 Å². The minimum Gasteiger partial charge on any atom is -0.420 e. The fourth-order valence-electron chi connectivity index (χ4n) is 2.25. The average molecular weight is 291 g/mol. The molecule has 0 aromatic heterocycles. The molecule has 1 aliphatic rings. The van der Waals surface area contributed by atoms with Crippen molar-refractivity contribution in [3.63, 3.8) is 0 Å². The number of rotatable bonds is 5. The molecule has 0 bridgehead atoms. The van der Waals surface area contributed by atoms with Crippen LogP contribution in [0.15, 0.2) is 30.3 Å². The molecule has 21 heavy (non-hydrogen) atoms. The molecule has 1 atom stereocenters. The average Bonchev–Trinajstić information content (AvgIpc) is 2.69. The second kappa shape index (κ2) is 7.22. The van der Waals surface area contributed by atoms with Gasteiger partial charge in [0.2, 0.25) is 0 Å². The highest BCUT2D eigenvalue weighted by Crippen LogP contribution is 2.26. The molecule has 1 N–H and O–H groups in total. The molecule has 0 aliphatic carbocycles. The van der Waals surface area contributed by atoms with Crippen LogP contribution in [0.4, 0.5) is 0 Å². The van der Waals surface area contributed by atoms with Gasteiger partial charge in [-0.25, -0.2) is 4.79 Å². The first kappa shape index (κ1) is 15.5. The first-order valence-corrected chi connectivity index (χ1v) is 7.38. The van der Waals surface area contributed by atoms with Gasteiger partial charge < -0.3 is 14.8 Å². The molecule has 1 amide bonds. The lowest BCUT2D eigenvalue weighted by molar-refractivity contribution is -0.209. The first-order valence-electron chi connectivity index (χ1n) is 7.38. The Morgan fingerprint density at radius 1 is 1.29 bits per heavy atom. The summed E-state index contributed by atoms with van der Waals surface area (Å²) < 4.78 is 11.1. The van der Waals surface area contributed by atoms with Crippen LogP contribution in [-0.2, 0) is 14.3 Å². The van der Waals surface area contributed by atoms with Gasteiger partial charge in [0.15, 0.2) is 0 Å². The van der Waals surface area contributed by atoms with Gasteiger partial charge in [-0.2, -0.15) is 0 Å². The smallest absolute Gasteiger partial charge is 0.341 e. The number of carbonyl (C=O) groups is 2. The number of hydrogen-bond acceptors (Lipinski definition) is 4. The lowest BCUT2D eigenvalue weighted by Gasteiger charge is -2.30. The van der Waals surface area contributed by atoms with Crippen molar-refractivity contribution in [1.82, 2.24) is 5.32 Å². The van der Waals surface area contributed by atoms with Crippen molar-refractivity contribution >= 4 is 11.9 Å². The standard InChI is InChI=1S/C16H21NO4/c1-2-12-20-16(10-6-7-11-17-15(16)19)21-14(18)13-8-4-3-5-9-13/h3-5,8-9H,2,6-7,10-12H2,1H3,(H,17,19). The summed E-state index contributed by atoms with van der Waals surface area (Å²) >= 11 is 0. The predicted molar refractivity (Wildman–Crippen MR) is 77.7 cm³/mol. The van der Waals surface area contributed by atoms with Gasteiger partial charge in [-0.05, 0) is 31.4 Å². The molecule has 114 valence electrons. The second-order valence-corrected chi connectivity index (χ2v) is 5.07. The van der Waals surface area contributed by atoms with E-state index in [0.29, 0.717) is 25.1 Å². The minimum absolute atomic E-state index is 0.363. The largest absolute Gasteiger partial charge is 0.420 e. The number of carbonyl (C=O) groups excluding carboxylic acids is 2. The van der Waals surface area contributed by atoms with E-state index in [1.807, 2.05) is 13.0 Å². The summed E-state index contributed by atoms with van der Waals surface area (Å²) in [5.41, 5.74) is 0.411. The highest BCUT2D eigenvalue weighted by Gasteiger charge is 2.44. The summed E-state index contributed by atoms with van der Waals surface area (Å²) in [6, 6.07) is 8.64. The van der Waals surface area contributed by atoms with E-state index in [1.165, 1.54) is 0 Å². The molecule has 0 saturated carbocycles. The molecule has 1 heterocycles. The third-order valence-corrected chi connectivity index (χ3v) is 3.37. The van der Waals surface area contributed by atoms with Crippen molar-refractivity contribution in [1.29, 1.82) is 0 Å². The van der Waals surface area contributed by atoms with Crippen LogP contribution >= 0.6 is 0 Å². The predicted octanol–water partition coefficient (Wildman–Crippen LogP) is 2.27. The SMILES string of the molecule is CCCOC1(OC(=O)c2ccccc2)CCCCNC1=O. The van der Waals surface area contributed by atoms with Gasteiger partial charge in [-0.1, -0.05) is 25.1 Å². The van der Waals surface area contributed by atoms with E-state index in [4.69, 9.17) is 9.47 Å². The summed E-state index contributed by atoms with van der Waals surface area (Å²) in [4.78, 5) is 24.6. The fraction of sp³-hybridized carbons (Fsp3) is 0.500. The topological polar surface area (TPSA) is 64.6 Å². The van der Waals surface area contributed by atoms with Crippen molar-refractivity contribution in [3.05, 3.63) is 35.9 Å². The Hall–Kier alpha value is -1.88. The van der Waals surface area contributed by atoms with Crippen LogP contribution in [0, 0.1) is 0 Å². The molecule has 5 heteroatoms. The van der Waals surface area contributed by atoms with E-state index in [1.54, 1.807) is 24.3 Å².